The predicted octanol–water partition coefficient (Wildman–Crippen LogP) is 13.2. The van der Waals surface area contributed by atoms with E-state index in [0.717, 1.165) is 88.3 Å². The highest BCUT2D eigenvalue weighted by Gasteiger charge is 2.21. The molecule has 3 heterocycles. The molecule has 0 N–H and O–H groups in total. The van der Waals surface area contributed by atoms with Crippen LogP contribution in [0.3, 0.4) is 0 Å². The van der Waals surface area contributed by atoms with Crippen molar-refractivity contribution < 1.29 is 4.42 Å². The van der Waals surface area contributed by atoms with Crippen molar-refractivity contribution in [1.82, 2.24) is 19.5 Å². The van der Waals surface area contributed by atoms with Crippen LogP contribution in [0.2, 0.25) is 0 Å². The van der Waals surface area contributed by atoms with Gasteiger partial charge in [-0.3, -0.25) is 4.57 Å². The maximum absolute atomic E-state index is 6.57. The van der Waals surface area contributed by atoms with Crippen molar-refractivity contribution in [3.63, 3.8) is 0 Å². The number of hydrogen-bond donors (Lipinski definition) is 0. The van der Waals surface area contributed by atoms with Crippen LogP contribution in [0, 0.1) is 0 Å². The topological polar surface area (TPSA) is 56.7 Å². The molecule has 11 rings (SSSR count). The zero-order valence-corrected chi connectivity index (χ0v) is 30.2. The van der Waals surface area contributed by atoms with Crippen LogP contribution in [0.5, 0.6) is 0 Å². The average molecular weight is 717 g/mol. The summed E-state index contributed by atoms with van der Waals surface area (Å²) in [5.41, 5.74) is 12.3. The van der Waals surface area contributed by atoms with Gasteiger partial charge in [-0.05, 0) is 40.5 Å². The number of hydrogen-bond acceptors (Lipinski definition) is 4. The summed E-state index contributed by atoms with van der Waals surface area (Å²) in [6, 6.07) is 67.4. The summed E-state index contributed by atoms with van der Waals surface area (Å²) in [6.45, 7) is 0. The van der Waals surface area contributed by atoms with Crippen LogP contribution in [-0.4, -0.2) is 19.5 Å². The molecule has 0 radical (unpaired) electrons. The van der Waals surface area contributed by atoms with Gasteiger partial charge in [0.1, 0.15) is 11.2 Å². The quantitative estimate of drug-likeness (QED) is 0.172. The van der Waals surface area contributed by atoms with E-state index in [1.54, 1.807) is 0 Å². The lowest BCUT2D eigenvalue weighted by molar-refractivity contribution is 0.670. The Hall–Kier alpha value is -7.63. The van der Waals surface area contributed by atoms with Gasteiger partial charge in [0.05, 0.1) is 11.0 Å². The standard InChI is InChI=1S/C51H32N4O/c1-4-14-33(15-5-1)34-26-28-37(29-27-34)50-52-49(36-18-8-3-9-19-36)53-51(54-50)55-45-25-11-10-20-41(45)42-23-12-21-39(47(42)55)38-30-31-46-44(32-38)43-24-13-22-40(48(43)56-46)35-16-6-2-7-17-35/h1-32H. The Labute approximate surface area is 322 Å². The predicted molar refractivity (Wildman–Crippen MR) is 229 cm³/mol. The SMILES string of the molecule is c1ccc(-c2ccc(-c3nc(-c4ccccc4)nc(-n4c5ccccc5c5cccc(-c6ccc7oc8c(-c9ccccc9)cccc8c7c6)c54)n3)cc2)cc1. The van der Waals surface area contributed by atoms with Gasteiger partial charge in [-0.2, -0.15) is 9.97 Å². The Morgan fingerprint density at radius 3 is 1.62 bits per heavy atom. The first-order chi connectivity index (χ1) is 27.8. The molecule has 0 amide bonds. The van der Waals surface area contributed by atoms with E-state index in [1.807, 2.05) is 42.5 Å². The third-order valence-electron chi connectivity index (χ3n) is 10.7. The van der Waals surface area contributed by atoms with Gasteiger partial charge in [-0.1, -0.05) is 176 Å². The zero-order chi connectivity index (χ0) is 37.0. The van der Waals surface area contributed by atoms with Crippen molar-refractivity contribution in [3.05, 3.63) is 194 Å². The lowest BCUT2D eigenvalue weighted by atomic mass is 9.99. The number of nitrogens with zero attached hydrogens (tertiary/aromatic N) is 4. The molecule has 56 heavy (non-hydrogen) atoms. The molecule has 5 heteroatoms. The van der Waals surface area contributed by atoms with Crippen LogP contribution in [0.25, 0.3) is 106 Å². The Bertz CT molecular complexity index is 3220. The molecular weight excluding hydrogens is 685 g/mol. The van der Waals surface area contributed by atoms with Gasteiger partial charge in [-0.25, -0.2) is 4.98 Å². The van der Waals surface area contributed by atoms with Crippen LogP contribution < -0.4 is 0 Å². The summed E-state index contributed by atoms with van der Waals surface area (Å²) in [4.78, 5) is 15.5. The lowest BCUT2D eigenvalue weighted by Gasteiger charge is -2.13. The minimum atomic E-state index is 0.557. The molecule has 262 valence electrons. The van der Waals surface area contributed by atoms with Crippen LogP contribution in [-0.2, 0) is 0 Å². The number of fused-ring (bicyclic) bond motifs is 6. The molecule has 0 atom stereocenters. The van der Waals surface area contributed by atoms with Gasteiger partial charge in [0.15, 0.2) is 11.6 Å². The molecule has 0 aliphatic carbocycles. The fourth-order valence-electron chi connectivity index (χ4n) is 8.02. The van der Waals surface area contributed by atoms with Crippen LogP contribution >= 0.6 is 0 Å². The highest BCUT2D eigenvalue weighted by Crippen LogP contribution is 2.41. The first-order valence-corrected chi connectivity index (χ1v) is 18.8. The summed E-state index contributed by atoms with van der Waals surface area (Å²) in [5.74, 6) is 1.78. The summed E-state index contributed by atoms with van der Waals surface area (Å²) >= 11 is 0. The van der Waals surface area contributed by atoms with Gasteiger partial charge < -0.3 is 4.42 Å². The van der Waals surface area contributed by atoms with E-state index in [4.69, 9.17) is 19.4 Å². The Morgan fingerprint density at radius 1 is 0.357 bits per heavy atom. The van der Waals surface area contributed by atoms with Crippen molar-refractivity contribution in [3.8, 4) is 62.1 Å². The van der Waals surface area contributed by atoms with E-state index in [1.165, 1.54) is 0 Å². The van der Waals surface area contributed by atoms with Gasteiger partial charge >= 0.3 is 0 Å². The fourth-order valence-corrected chi connectivity index (χ4v) is 8.02. The van der Waals surface area contributed by atoms with E-state index >= 15 is 0 Å². The molecule has 3 aromatic heterocycles. The number of rotatable bonds is 6. The second-order valence-corrected chi connectivity index (χ2v) is 14.0. The number of furan rings is 1. The largest absolute Gasteiger partial charge is 0.455 e. The second kappa shape index (κ2) is 13.0. The van der Waals surface area contributed by atoms with Crippen molar-refractivity contribution in [2.24, 2.45) is 0 Å². The van der Waals surface area contributed by atoms with E-state index in [2.05, 4.69) is 156 Å². The second-order valence-electron chi connectivity index (χ2n) is 14.0. The third kappa shape index (κ3) is 5.29. The molecule has 0 fully saturated rings. The van der Waals surface area contributed by atoms with E-state index in [-0.39, 0.29) is 0 Å². The van der Waals surface area contributed by atoms with Crippen LogP contribution in [0.1, 0.15) is 0 Å². The lowest BCUT2D eigenvalue weighted by Crippen LogP contribution is -2.07. The number of aromatic nitrogens is 4. The van der Waals surface area contributed by atoms with Gasteiger partial charge in [0.25, 0.3) is 0 Å². The minimum absolute atomic E-state index is 0.557. The fraction of sp³-hybridized carbons (Fsp3) is 0. The first-order valence-electron chi connectivity index (χ1n) is 18.8. The molecule has 0 bridgehead atoms. The van der Waals surface area contributed by atoms with Crippen molar-refractivity contribution >= 4 is 43.7 Å². The summed E-state index contributed by atoms with van der Waals surface area (Å²) in [5, 5.41) is 4.41. The van der Waals surface area contributed by atoms with Gasteiger partial charge in [0, 0.05) is 43.8 Å². The maximum Gasteiger partial charge on any atom is 0.238 e. The average Bonchev–Trinajstić information content (AvgIpc) is 3.83. The molecular formula is C51H32N4O. The molecule has 5 nitrogen and oxygen atoms in total. The third-order valence-corrected chi connectivity index (χ3v) is 10.7. The van der Waals surface area contributed by atoms with Crippen molar-refractivity contribution in [1.29, 1.82) is 0 Å². The molecule has 11 aromatic rings. The summed E-state index contributed by atoms with van der Waals surface area (Å²) < 4.78 is 8.78. The highest BCUT2D eigenvalue weighted by molar-refractivity contribution is 6.15. The van der Waals surface area contributed by atoms with Crippen LogP contribution in [0.4, 0.5) is 0 Å². The molecule has 0 spiro atoms. The minimum Gasteiger partial charge on any atom is -0.455 e. The maximum atomic E-state index is 6.57. The number of benzene rings is 8. The van der Waals surface area contributed by atoms with Crippen LogP contribution in [0.15, 0.2) is 199 Å². The number of para-hydroxylation sites is 3. The first kappa shape index (κ1) is 31.9. The summed E-state index contributed by atoms with van der Waals surface area (Å²) in [6.07, 6.45) is 0. The Morgan fingerprint density at radius 2 is 0.893 bits per heavy atom. The zero-order valence-electron chi connectivity index (χ0n) is 30.2. The smallest absolute Gasteiger partial charge is 0.238 e. The van der Waals surface area contributed by atoms with Crippen molar-refractivity contribution in [2.45, 2.75) is 0 Å². The van der Waals surface area contributed by atoms with E-state index in [9.17, 15) is 0 Å². The van der Waals surface area contributed by atoms with Crippen molar-refractivity contribution in [2.75, 3.05) is 0 Å². The Kier molecular flexibility index (Phi) is 7.42. The molecule has 8 aromatic carbocycles. The summed E-state index contributed by atoms with van der Waals surface area (Å²) in [7, 11) is 0. The highest BCUT2D eigenvalue weighted by atomic mass is 16.3. The molecule has 0 unspecified atom stereocenters. The molecule has 0 aliphatic heterocycles. The van der Waals surface area contributed by atoms with E-state index in [0.29, 0.717) is 17.6 Å². The van der Waals surface area contributed by atoms with Gasteiger partial charge in [-0.15, -0.1) is 0 Å². The molecule has 0 saturated carbocycles. The molecule has 0 aliphatic rings. The van der Waals surface area contributed by atoms with E-state index < -0.39 is 0 Å². The normalized spacial score (nSPS) is 11.6. The monoisotopic (exact) mass is 716 g/mol. The Balaban J connectivity index is 1.13. The van der Waals surface area contributed by atoms with Gasteiger partial charge in [0.2, 0.25) is 5.95 Å². The molecule has 0 saturated heterocycles.